The lowest BCUT2D eigenvalue weighted by Gasteiger charge is -2.25. The van der Waals surface area contributed by atoms with Gasteiger partial charge in [-0.25, -0.2) is 0 Å². The average Bonchev–Trinajstić information content (AvgIpc) is 2.97. The van der Waals surface area contributed by atoms with Gasteiger partial charge >= 0.3 is 0 Å². The fourth-order valence-corrected chi connectivity index (χ4v) is 3.66. The van der Waals surface area contributed by atoms with Gasteiger partial charge in [-0.1, -0.05) is 12.2 Å². The number of pyridine rings is 1. The topological polar surface area (TPSA) is 54.6 Å². The molecule has 0 radical (unpaired) electrons. The second-order valence-electron chi connectivity index (χ2n) is 5.03. The molecule has 0 bridgehead atoms. The molecule has 0 amide bonds. The van der Waals surface area contributed by atoms with E-state index < -0.39 is 11.7 Å². The summed E-state index contributed by atoms with van der Waals surface area (Å²) in [6, 6.07) is 4.02. The van der Waals surface area contributed by atoms with E-state index >= 15 is 0 Å². The molecule has 2 N–H and O–H groups in total. The first kappa shape index (κ1) is 13.2. The summed E-state index contributed by atoms with van der Waals surface area (Å²) in [6.45, 7) is 1.50. The highest BCUT2D eigenvalue weighted by Crippen LogP contribution is 2.37. The van der Waals surface area contributed by atoms with Crippen LogP contribution >= 0.6 is 23.6 Å². The van der Waals surface area contributed by atoms with Gasteiger partial charge in [0.15, 0.2) is 0 Å². The third-order valence-electron chi connectivity index (χ3n) is 3.70. The second-order valence-corrected chi connectivity index (χ2v) is 6.33. The Bertz CT molecular complexity index is 665. The molecule has 3 atom stereocenters. The summed E-state index contributed by atoms with van der Waals surface area (Å²) in [4.78, 5) is 0. The fraction of sp³-hybridized carbons (Fsp3) is 0.462. The lowest BCUT2D eigenvalue weighted by Crippen LogP contribution is -2.39. The standard InChI is InChI=1S/C13H15NO3S2/c1-13(7-15)9(16)6-10(17-13)14-4-2-8-3-5-19-11(8)12(14)18/h2-5,9-10,15-16H,6-7H2,1H3/t9?,10-,13-/m1/s1. The molecule has 2 aromatic heterocycles. The quantitative estimate of drug-likeness (QED) is 0.836. The largest absolute Gasteiger partial charge is 0.393 e. The van der Waals surface area contributed by atoms with Crippen LogP contribution in [0.1, 0.15) is 19.6 Å². The highest BCUT2D eigenvalue weighted by molar-refractivity contribution is 7.71. The smallest absolute Gasteiger partial charge is 0.138 e. The number of fused-ring (bicyclic) bond motifs is 1. The molecule has 6 heteroatoms. The normalized spacial score (nSPS) is 31.1. The van der Waals surface area contributed by atoms with Crippen LogP contribution in [0.3, 0.4) is 0 Å². The molecule has 1 aliphatic rings. The molecule has 19 heavy (non-hydrogen) atoms. The number of aliphatic hydroxyl groups excluding tert-OH is 2. The fourth-order valence-electron chi connectivity index (χ4n) is 2.39. The first-order valence-corrected chi connectivity index (χ1v) is 7.39. The van der Waals surface area contributed by atoms with Crippen LogP contribution in [0.5, 0.6) is 0 Å². The van der Waals surface area contributed by atoms with E-state index in [4.69, 9.17) is 17.0 Å². The SMILES string of the molecule is C[C@]1(CO)O[C@@H](n2ccc3ccsc3c2=S)CC1O. The van der Waals surface area contributed by atoms with Crippen molar-refractivity contribution < 1.29 is 14.9 Å². The summed E-state index contributed by atoms with van der Waals surface area (Å²) < 4.78 is 9.43. The minimum Gasteiger partial charge on any atom is -0.393 e. The van der Waals surface area contributed by atoms with Crippen LogP contribution in [0, 0.1) is 4.64 Å². The highest BCUT2D eigenvalue weighted by Gasteiger charge is 2.44. The first-order chi connectivity index (χ1) is 9.05. The average molecular weight is 297 g/mol. The van der Waals surface area contributed by atoms with E-state index in [9.17, 15) is 10.2 Å². The Balaban J connectivity index is 2.02. The molecule has 3 rings (SSSR count). The van der Waals surface area contributed by atoms with Gasteiger partial charge < -0.3 is 19.5 Å². The summed E-state index contributed by atoms with van der Waals surface area (Å²) in [7, 11) is 0. The molecular weight excluding hydrogens is 282 g/mol. The van der Waals surface area contributed by atoms with Gasteiger partial charge in [0.25, 0.3) is 0 Å². The predicted octanol–water partition coefficient (Wildman–Crippen LogP) is 2.46. The maximum absolute atomic E-state index is 10.0. The van der Waals surface area contributed by atoms with E-state index in [2.05, 4.69) is 0 Å². The summed E-state index contributed by atoms with van der Waals surface area (Å²) in [5.41, 5.74) is -0.913. The molecule has 1 unspecified atom stereocenters. The summed E-state index contributed by atoms with van der Waals surface area (Å²) in [5.74, 6) is 0. The molecule has 0 saturated carbocycles. The van der Waals surface area contributed by atoms with Crippen molar-refractivity contribution in [2.75, 3.05) is 6.61 Å². The Morgan fingerprint density at radius 2 is 2.37 bits per heavy atom. The van der Waals surface area contributed by atoms with Gasteiger partial charge in [-0.2, -0.15) is 0 Å². The minimum atomic E-state index is -0.913. The van der Waals surface area contributed by atoms with Gasteiger partial charge in [0.2, 0.25) is 0 Å². The van der Waals surface area contributed by atoms with E-state index in [1.807, 2.05) is 28.3 Å². The van der Waals surface area contributed by atoms with Crippen LogP contribution in [-0.2, 0) is 4.74 Å². The molecule has 0 aliphatic carbocycles. The van der Waals surface area contributed by atoms with E-state index in [1.165, 1.54) is 0 Å². The van der Waals surface area contributed by atoms with Crippen LogP contribution < -0.4 is 0 Å². The van der Waals surface area contributed by atoms with Crippen molar-refractivity contribution in [2.45, 2.75) is 31.3 Å². The zero-order chi connectivity index (χ0) is 13.6. The maximum Gasteiger partial charge on any atom is 0.138 e. The minimum absolute atomic E-state index is 0.209. The molecule has 102 valence electrons. The van der Waals surface area contributed by atoms with Crippen molar-refractivity contribution >= 4 is 33.6 Å². The van der Waals surface area contributed by atoms with Gasteiger partial charge in [0, 0.05) is 12.6 Å². The maximum atomic E-state index is 10.0. The number of nitrogens with zero attached hydrogens (tertiary/aromatic N) is 1. The van der Waals surface area contributed by atoms with Gasteiger partial charge in [-0.15, -0.1) is 11.3 Å². The van der Waals surface area contributed by atoms with Crippen LogP contribution in [0.4, 0.5) is 0 Å². The number of ether oxygens (including phenoxy) is 1. The zero-order valence-corrected chi connectivity index (χ0v) is 12.1. The van der Waals surface area contributed by atoms with Gasteiger partial charge in [0.05, 0.1) is 17.4 Å². The zero-order valence-electron chi connectivity index (χ0n) is 10.4. The van der Waals surface area contributed by atoms with Gasteiger partial charge in [-0.05, 0) is 29.8 Å². The number of hydrogen-bond acceptors (Lipinski definition) is 5. The van der Waals surface area contributed by atoms with E-state index in [0.717, 1.165) is 10.1 Å². The van der Waals surface area contributed by atoms with Crippen LogP contribution in [0.25, 0.3) is 10.1 Å². The molecule has 4 nitrogen and oxygen atoms in total. The molecule has 0 aromatic carbocycles. The van der Waals surface area contributed by atoms with E-state index in [0.29, 0.717) is 11.1 Å². The molecular formula is C13H15NO3S2. The predicted molar refractivity (Wildman–Crippen MR) is 76.9 cm³/mol. The molecule has 1 aliphatic heterocycles. The number of aliphatic hydroxyl groups is 2. The van der Waals surface area contributed by atoms with E-state index in [-0.39, 0.29) is 12.8 Å². The van der Waals surface area contributed by atoms with Crippen LogP contribution in [0.2, 0.25) is 0 Å². The second kappa shape index (κ2) is 4.64. The molecule has 3 heterocycles. The molecule has 2 aromatic rings. The number of rotatable bonds is 2. The van der Waals surface area contributed by atoms with Crippen LogP contribution in [0.15, 0.2) is 23.7 Å². The Labute approximate surface area is 119 Å². The van der Waals surface area contributed by atoms with Crippen molar-refractivity contribution in [3.8, 4) is 0 Å². The lowest BCUT2D eigenvalue weighted by molar-refractivity contribution is -0.116. The van der Waals surface area contributed by atoms with Crippen LogP contribution in [-0.4, -0.2) is 33.1 Å². The lowest BCUT2D eigenvalue weighted by atomic mass is 10.0. The number of thiophene rings is 1. The number of hydrogen-bond donors (Lipinski definition) is 2. The summed E-state index contributed by atoms with van der Waals surface area (Å²) in [5, 5.41) is 22.5. The van der Waals surface area contributed by atoms with Crippen molar-refractivity contribution in [3.63, 3.8) is 0 Å². The highest BCUT2D eigenvalue weighted by atomic mass is 32.1. The monoisotopic (exact) mass is 297 g/mol. The third-order valence-corrected chi connectivity index (χ3v) is 5.18. The molecule has 0 spiro atoms. The van der Waals surface area contributed by atoms with Gasteiger partial charge in [-0.3, -0.25) is 0 Å². The van der Waals surface area contributed by atoms with E-state index in [1.54, 1.807) is 18.3 Å². The Hall–Kier alpha value is -0.790. The Kier molecular flexibility index (Phi) is 3.23. The summed E-state index contributed by atoms with van der Waals surface area (Å²) >= 11 is 7.08. The van der Waals surface area contributed by atoms with Crippen molar-refractivity contribution in [3.05, 3.63) is 28.4 Å². The summed E-state index contributed by atoms with van der Waals surface area (Å²) in [6.07, 6.45) is 1.30. The third kappa shape index (κ3) is 2.04. The van der Waals surface area contributed by atoms with Crippen molar-refractivity contribution in [2.24, 2.45) is 0 Å². The Morgan fingerprint density at radius 1 is 1.58 bits per heavy atom. The molecule has 1 fully saturated rings. The van der Waals surface area contributed by atoms with Crippen molar-refractivity contribution in [1.29, 1.82) is 0 Å². The van der Waals surface area contributed by atoms with Gasteiger partial charge in [0.1, 0.15) is 16.5 Å². The Morgan fingerprint density at radius 3 is 3.05 bits per heavy atom. The first-order valence-electron chi connectivity index (χ1n) is 6.10. The number of aromatic nitrogens is 1. The molecule has 1 saturated heterocycles. The van der Waals surface area contributed by atoms with Crippen molar-refractivity contribution in [1.82, 2.24) is 4.57 Å².